The minimum atomic E-state index is -5.96. The lowest BCUT2D eigenvalue weighted by atomic mass is 9.95. The van der Waals surface area contributed by atoms with Crippen LogP contribution in [0.15, 0.2) is 51.7 Å². The van der Waals surface area contributed by atoms with Crippen LogP contribution in [-0.2, 0) is 22.7 Å². The number of rotatable bonds is 7. The molecule has 0 aliphatic rings. The maximum Gasteiger partial charge on any atom is 0.534 e. The van der Waals surface area contributed by atoms with Crippen molar-refractivity contribution < 1.29 is 43.4 Å². The Bertz CT molecular complexity index is 1360. The summed E-state index contributed by atoms with van der Waals surface area (Å²) >= 11 is 0. The van der Waals surface area contributed by atoms with Crippen molar-refractivity contribution in [2.75, 3.05) is 0 Å². The van der Waals surface area contributed by atoms with Gasteiger partial charge < -0.3 is 8.60 Å². The summed E-state index contributed by atoms with van der Waals surface area (Å²) in [7, 11) is -5.96. The highest BCUT2D eigenvalue weighted by atomic mass is 32.2. The Kier molecular flexibility index (Phi) is 7.02. The Labute approximate surface area is 190 Å². The fraction of sp³-hybridized carbons (Fsp3) is 0.318. The number of aryl methyl sites for hydroxylation is 1. The average Bonchev–Trinajstić information content (AvgIpc) is 2.72. The molecule has 0 aliphatic heterocycles. The molecular weight excluding hydrogens is 490 g/mol. The molecule has 0 amide bonds. The van der Waals surface area contributed by atoms with Gasteiger partial charge in [-0.2, -0.15) is 34.8 Å². The summed E-state index contributed by atoms with van der Waals surface area (Å²) in [6.07, 6.45) is -1.86. The van der Waals surface area contributed by atoms with Crippen LogP contribution in [0.1, 0.15) is 37.3 Å². The van der Waals surface area contributed by atoms with Crippen LogP contribution in [0.4, 0.5) is 26.3 Å². The number of benzene rings is 2. The predicted octanol–water partition coefficient (Wildman–Crippen LogP) is 6.44. The lowest BCUT2D eigenvalue weighted by molar-refractivity contribution is -0.137. The zero-order valence-electron chi connectivity index (χ0n) is 17.6. The largest absolute Gasteiger partial charge is 0.534 e. The van der Waals surface area contributed by atoms with Gasteiger partial charge in [-0.15, -0.1) is 0 Å². The van der Waals surface area contributed by atoms with Gasteiger partial charge in [-0.1, -0.05) is 31.9 Å². The number of alkyl halides is 6. The molecule has 1 heterocycles. The minimum Gasteiger partial charge on any atom is -0.422 e. The Morgan fingerprint density at radius 2 is 1.62 bits per heavy atom. The summed E-state index contributed by atoms with van der Waals surface area (Å²) in [5, 5.41) is 0.0477. The number of hydrogen-bond donors (Lipinski definition) is 0. The molecule has 2 aromatic carbocycles. The van der Waals surface area contributed by atoms with Crippen molar-refractivity contribution in [1.82, 2.24) is 0 Å². The summed E-state index contributed by atoms with van der Waals surface area (Å²) in [4.78, 5) is 12.5. The van der Waals surface area contributed by atoms with Crippen LogP contribution in [0.5, 0.6) is 5.75 Å². The number of unbranched alkanes of at least 4 members (excludes halogenated alkanes) is 2. The molecule has 5 nitrogen and oxygen atoms in total. The van der Waals surface area contributed by atoms with Crippen molar-refractivity contribution in [3.8, 4) is 16.9 Å². The highest BCUT2D eigenvalue weighted by molar-refractivity contribution is 7.88. The van der Waals surface area contributed by atoms with Crippen molar-refractivity contribution in [3.63, 3.8) is 0 Å². The Morgan fingerprint density at radius 3 is 2.24 bits per heavy atom. The van der Waals surface area contributed by atoms with E-state index < -0.39 is 49.9 Å². The number of fused-ring (bicyclic) bond motifs is 1. The molecule has 0 saturated carbocycles. The molecule has 0 atom stereocenters. The zero-order chi connectivity index (χ0) is 25.3. The molecule has 34 heavy (non-hydrogen) atoms. The molecule has 12 heteroatoms. The predicted molar refractivity (Wildman–Crippen MR) is 112 cm³/mol. The van der Waals surface area contributed by atoms with E-state index in [9.17, 15) is 39.6 Å². The summed E-state index contributed by atoms with van der Waals surface area (Å²) in [6.45, 7) is 1.97. The molecule has 0 aliphatic carbocycles. The second-order valence-electron chi connectivity index (χ2n) is 7.47. The van der Waals surface area contributed by atoms with Crippen LogP contribution in [0.25, 0.3) is 22.1 Å². The Morgan fingerprint density at radius 1 is 0.912 bits per heavy atom. The summed E-state index contributed by atoms with van der Waals surface area (Å²) in [6, 6.07) is 7.38. The van der Waals surface area contributed by atoms with E-state index in [0.717, 1.165) is 43.2 Å². The molecule has 0 fully saturated rings. The molecule has 3 aromatic rings. The van der Waals surface area contributed by atoms with E-state index in [1.54, 1.807) is 0 Å². The SMILES string of the molecule is CCCCCc1ccc(-c2cc3ccc(OS(=O)(=O)C(F)(F)F)cc3oc2=O)c(C(F)(F)F)c1. The standard InChI is InChI=1S/C22H18F6O5S/c1-2-3-4-5-13-6-9-16(18(10-13)21(23,24)25)17-11-14-7-8-15(12-19(14)32-20(17)29)33-34(30,31)22(26,27)28/h6-12H,2-5H2,1H3. The first kappa shape index (κ1) is 25.6. The summed E-state index contributed by atoms with van der Waals surface area (Å²) in [5.74, 6) is -0.784. The first-order valence-corrected chi connectivity index (χ1v) is 11.4. The lowest BCUT2D eigenvalue weighted by Crippen LogP contribution is -2.28. The van der Waals surface area contributed by atoms with Gasteiger partial charge in [0.2, 0.25) is 0 Å². The average molecular weight is 508 g/mol. The molecule has 3 rings (SSSR count). The fourth-order valence-electron chi connectivity index (χ4n) is 3.30. The molecule has 0 saturated heterocycles. The molecule has 1 aromatic heterocycles. The van der Waals surface area contributed by atoms with Gasteiger partial charge in [-0.3, -0.25) is 0 Å². The van der Waals surface area contributed by atoms with E-state index in [0.29, 0.717) is 18.4 Å². The molecule has 0 bridgehead atoms. The van der Waals surface area contributed by atoms with Crippen LogP contribution in [0.3, 0.4) is 0 Å². The Hall–Kier alpha value is -3.02. The summed E-state index contributed by atoms with van der Waals surface area (Å²) < 4.78 is 110. The van der Waals surface area contributed by atoms with Crippen molar-refractivity contribution in [1.29, 1.82) is 0 Å². The third kappa shape index (κ3) is 5.54. The zero-order valence-corrected chi connectivity index (χ0v) is 18.4. The first-order valence-electron chi connectivity index (χ1n) is 10.0. The molecular formula is C22H18F6O5S. The van der Waals surface area contributed by atoms with Crippen molar-refractivity contribution in [3.05, 3.63) is 64.0 Å². The molecule has 0 unspecified atom stereocenters. The van der Waals surface area contributed by atoms with Crippen LogP contribution in [0, 0.1) is 0 Å². The van der Waals surface area contributed by atoms with E-state index in [-0.39, 0.29) is 11.0 Å². The third-order valence-electron chi connectivity index (χ3n) is 4.95. The van der Waals surface area contributed by atoms with Gasteiger partial charge in [-0.05, 0) is 42.7 Å². The lowest BCUT2D eigenvalue weighted by Gasteiger charge is -2.15. The van der Waals surface area contributed by atoms with Gasteiger partial charge in [0.05, 0.1) is 11.1 Å². The minimum absolute atomic E-state index is 0.0477. The smallest absolute Gasteiger partial charge is 0.422 e. The van der Waals surface area contributed by atoms with Crippen molar-refractivity contribution in [2.24, 2.45) is 0 Å². The van der Waals surface area contributed by atoms with Gasteiger partial charge >= 0.3 is 27.4 Å². The molecule has 0 N–H and O–H groups in total. The van der Waals surface area contributed by atoms with Gasteiger partial charge in [-0.25, -0.2) is 4.79 Å². The highest BCUT2D eigenvalue weighted by Gasteiger charge is 2.48. The fourth-order valence-corrected chi connectivity index (χ4v) is 3.75. The number of hydrogen-bond acceptors (Lipinski definition) is 5. The van der Waals surface area contributed by atoms with Crippen LogP contribution < -0.4 is 9.81 Å². The first-order chi connectivity index (χ1) is 15.7. The molecule has 0 spiro atoms. The molecule has 0 radical (unpaired) electrons. The molecule has 184 valence electrons. The van der Waals surface area contributed by atoms with Crippen LogP contribution in [-0.4, -0.2) is 13.9 Å². The quantitative estimate of drug-likeness (QED) is 0.121. The second-order valence-corrected chi connectivity index (χ2v) is 9.00. The normalized spacial score (nSPS) is 12.8. The van der Waals surface area contributed by atoms with Gasteiger partial charge in [0, 0.05) is 17.0 Å². The van der Waals surface area contributed by atoms with Gasteiger partial charge in [0.1, 0.15) is 11.3 Å². The monoisotopic (exact) mass is 508 g/mol. The van der Waals surface area contributed by atoms with Crippen LogP contribution >= 0.6 is 0 Å². The van der Waals surface area contributed by atoms with E-state index in [4.69, 9.17) is 4.42 Å². The van der Waals surface area contributed by atoms with Crippen molar-refractivity contribution in [2.45, 2.75) is 44.3 Å². The number of halogens is 6. The van der Waals surface area contributed by atoms with E-state index >= 15 is 0 Å². The van der Waals surface area contributed by atoms with Gasteiger partial charge in [0.15, 0.2) is 0 Å². The highest BCUT2D eigenvalue weighted by Crippen LogP contribution is 2.38. The Balaban J connectivity index is 2.05. The van der Waals surface area contributed by atoms with Gasteiger partial charge in [0.25, 0.3) is 0 Å². The third-order valence-corrected chi connectivity index (χ3v) is 5.92. The van der Waals surface area contributed by atoms with E-state index in [2.05, 4.69) is 4.18 Å². The van der Waals surface area contributed by atoms with Crippen LogP contribution in [0.2, 0.25) is 0 Å². The maximum absolute atomic E-state index is 13.8. The van der Waals surface area contributed by atoms with E-state index in [1.807, 2.05) is 6.92 Å². The van der Waals surface area contributed by atoms with E-state index in [1.165, 1.54) is 12.1 Å². The topological polar surface area (TPSA) is 73.6 Å². The second kappa shape index (κ2) is 9.32. The van der Waals surface area contributed by atoms with Crippen molar-refractivity contribution >= 4 is 21.1 Å². The maximum atomic E-state index is 13.8. The summed E-state index contributed by atoms with van der Waals surface area (Å²) in [5.41, 5.74) is -8.62.